The van der Waals surface area contributed by atoms with E-state index >= 15 is 0 Å². The SMILES string of the molecule is CC(C)(C)c1cc2ccc3c(-c4cccc(-n5c6c(c7c5CCC=C7)C=CCC6)c4)cc(C4C=CC(C5=CC=CC=C=C5)=CC4)c4ccc(c1)c2c34. The molecule has 0 fully saturated rings. The van der Waals surface area contributed by atoms with Gasteiger partial charge in [-0.2, -0.15) is 0 Å². The highest BCUT2D eigenvalue weighted by atomic mass is 15.0. The Morgan fingerprint density at radius 3 is 2.19 bits per heavy atom. The van der Waals surface area contributed by atoms with Crippen LogP contribution in [0.3, 0.4) is 0 Å². The van der Waals surface area contributed by atoms with Gasteiger partial charge in [0, 0.05) is 34.1 Å². The maximum absolute atomic E-state index is 3.29. The van der Waals surface area contributed by atoms with Crippen LogP contribution in [0.25, 0.3) is 61.3 Å². The zero-order chi connectivity index (χ0) is 35.0. The van der Waals surface area contributed by atoms with Gasteiger partial charge in [-0.15, -0.1) is 5.73 Å². The number of benzene rings is 5. The Morgan fingerprint density at radius 2 is 1.48 bits per heavy atom. The Morgan fingerprint density at radius 1 is 0.731 bits per heavy atom. The Kier molecular flexibility index (Phi) is 7.17. The maximum Gasteiger partial charge on any atom is 0.0461 e. The summed E-state index contributed by atoms with van der Waals surface area (Å²) < 4.78 is 2.60. The molecule has 6 aromatic rings. The van der Waals surface area contributed by atoms with Crippen molar-refractivity contribution >= 4 is 44.5 Å². The molecule has 52 heavy (non-hydrogen) atoms. The lowest BCUT2D eigenvalue weighted by atomic mass is 9.79. The van der Waals surface area contributed by atoms with E-state index in [0.29, 0.717) is 0 Å². The summed E-state index contributed by atoms with van der Waals surface area (Å²) in [5.74, 6) is 0.281. The third kappa shape index (κ3) is 4.99. The first-order valence-corrected chi connectivity index (χ1v) is 19.1. The van der Waals surface area contributed by atoms with E-state index in [1.54, 1.807) is 0 Å². The normalized spacial score (nSPS) is 17.9. The Labute approximate surface area is 307 Å². The van der Waals surface area contributed by atoms with Crippen LogP contribution >= 0.6 is 0 Å². The van der Waals surface area contributed by atoms with Crippen LogP contribution in [0, 0.1) is 0 Å². The molecule has 1 aromatic heterocycles. The van der Waals surface area contributed by atoms with Gasteiger partial charge in [0.1, 0.15) is 0 Å². The molecule has 10 rings (SSSR count). The third-order valence-electron chi connectivity index (χ3n) is 11.8. The lowest BCUT2D eigenvalue weighted by Crippen LogP contribution is -2.11. The molecule has 0 radical (unpaired) electrons. The fraction of sp³-hybridized carbons (Fsp3) is 0.196. The zero-order valence-electron chi connectivity index (χ0n) is 30.3. The lowest BCUT2D eigenvalue weighted by Gasteiger charge is -2.25. The summed E-state index contributed by atoms with van der Waals surface area (Å²) in [6, 6.07) is 26.3. The first-order valence-electron chi connectivity index (χ1n) is 19.1. The Bertz CT molecular complexity index is 2650. The Hall–Kier alpha value is -5.62. The molecular weight excluding hydrogens is 627 g/mol. The summed E-state index contributed by atoms with van der Waals surface area (Å²) in [5, 5.41) is 8.15. The maximum atomic E-state index is 3.29. The van der Waals surface area contributed by atoms with E-state index in [9.17, 15) is 0 Å². The highest BCUT2D eigenvalue weighted by Crippen LogP contribution is 2.46. The largest absolute Gasteiger partial charge is 0.317 e. The summed E-state index contributed by atoms with van der Waals surface area (Å²) in [7, 11) is 0. The average molecular weight is 670 g/mol. The summed E-state index contributed by atoms with van der Waals surface area (Å²) >= 11 is 0. The number of rotatable bonds is 4. The molecule has 0 amide bonds. The number of fused-ring (bicyclic) bond motifs is 3. The van der Waals surface area contributed by atoms with Crippen molar-refractivity contribution in [3.63, 3.8) is 0 Å². The van der Waals surface area contributed by atoms with Gasteiger partial charge in [-0.05, 0) is 134 Å². The second-order valence-corrected chi connectivity index (χ2v) is 16.0. The van der Waals surface area contributed by atoms with Crippen molar-refractivity contribution in [1.82, 2.24) is 4.57 Å². The minimum Gasteiger partial charge on any atom is -0.317 e. The van der Waals surface area contributed by atoms with Crippen LogP contribution in [0.5, 0.6) is 0 Å². The van der Waals surface area contributed by atoms with Crippen molar-refractivity contribution in [1.29, 1.82) is 0 Å². The second kappa shape index (κ2) is 12.0. The molecule has 0 saturated carbocycles. The van der Waals surface area contributed by atoms with Crippen molar-refractivity contribution in [2.24, 2.45) is 0 Å². The quantitative estimate of drug-likeness (QED) is 0.130. The predicted octanol–water partition coefficient (Wildman–Crippen LogP) is 13.4. The smallest absolute Gasteiger partial charge is 0.0461 e. The molecule has 0 aliphatic heterocycles. The first-order chi connectivity index (χ1) is 25.4. The van der Waals surface area contributed by atoms with Gasteiger partial charge in [0.15, 0.2) is 0 Å². The van der Waals surface area contributed by atoms with E-state index in [4.69, 9.17) is 0 Å². The molecule has 0 bridgehead atoms. The highest BCUT2D eigenvalue weighted by Gasteiger charge is 2.25. The molecule has 5 aromatic carbocycles. The summed E-state index contributed by atoms with van der Waals surface area (Å²) in [4.78, 5) is 0. The van der Waals surface area contributed by atoms with Crippen molar-refractivity contribution in [3.8, 4) is 16.8 Å². The molecule has 1 heteroatoms. The van der Waals surface area contributed by atoms with E-state index in [1.165, 1.54) is 93.9 Å². The molecule has 252 valence electrons. The molecule has 0 spiro atoms. The van der Waals surface area contributed by atoms with E-state index in [2.05, 4.69) is 159 Å². The van der Waals surface area contributed by atoms with E-state index in [-0.39, 0.29) is 11.3 Å². The molecular formula is C51H43N. The van der Waals surface area contributed by atoms with Gasteiger partial charge in [0.05, 0.1) is 0 Å². The van der Waals surface area contributed by atoms with Crippen molar-refractivity contribution in [2.45, 2.75) is 64.2 Å². The van der Waals surface area contributed by atoms with Gasteiger partial charge in [0.25, 0.3) is 0 Å². The number of hydrogen-bond donors (Lipinski definition) is 0. The molecule has 4 aliphatic carbocycles. The molecule has 0 N–H and O–H groups in total. The molecule has 1 unspecified atom stereocenters. The van der Waals surface area contributed by atoms with Crippen LogP contribution in [-0.4, -0.2) is 4.57 Å². The number of nitrogens with zero attached hydrogens (tertiary/aromatic N) is 1. The van der Waals surface area contributed by atoms with Crippen LogP contribution in [0.4, 0.5) is 0 Å². The first kappa shape index (κ1) is 31.1. The van der Waals surface area contributed by atoms with Gasteiger partial charge < -0.3 is 4.57 Å². The third-order valence-corrected chi connectivity index (χ3v) is 11.8. The van der Waals surface area contributed by atoms with Crippen molar-refractivity contribution in [3.05, 3.63) is 178 Å². The number of hydrogen-bond acceptors (Lipinski definition) is 0. The summed E-state index contributed by atoms with van der Waals surface area (Å²) in [5.41, 5.74) is 18.3. The van der Waals surface area contributed by atoms with Crippen molar-refractivity contribution in [2.75, 3.05) is 0 Å². The molecule has 1 heterocycles. The van der Waals surface area contributed by atoms with E-state index < -0.39 is 0 Å². The molecule has 1 atom stereocenters. The standard InChI is InChI=1S/C51H43N/c1-51(2,3)39-29-37-25-27-43-45(35-23-21-34(22-24-35)33-13-6-4-5-7-14-33)32-46(44-28-26-38(30-39)49(37)50(43)44)36-15-12-16-40(31-36)52-47-19-10-8-17-41(47)42-18-9-11-20-48(42)52/h4-6,8-9,12-18,21-23,25-32,35H,10-11,19-20,24H2,1-3H3. The fourth-order valence-electron chi connectivity index (χ4n) is 9.17. The van der Waals surface area contributed by atoms with Crippen molar-refractivity contribution < 1.29 is 0 Å². The number of allylic oxidation sites excluding steroid dienone is 11. The monoisotopic (exact) mass is 669 g/mol. The Balaban J connectivity index is 1.18. The van der Waals surface area contributed by atoms with Gasteiger partial charge >= 0.3 is 0 Å². The second-order valence-electron chi connectivity index (χ2n) is 16.0. The van der Waals surface area contributed by atoms with Crippen LogP contribution in [-0.2, 0) is 18.3 Å². The minimum absolute atomic E-state index is 0.0775. The molecule has 1 nitrogen and oxygen atoms in total. The van der Waals surface area contributed by atoms with Crippen LogP contribution < -0.4 is 0 Å². The van der Waals surface area contributed by atoms with E-state index in [1.807, 2.05) is 12.2 Å². The fourth-order valence-corrected chi connectivity index (χ4v) is 9.17. The zero-order valence-corrected chi connectivity index (χ0v) is 30.3. The summed E-state index contributed by atoms with van der Waals surface area (Å²) in [6.07, 6.45) is 32.3. The topological polar surface area (TPSA) is 4.93 Å². The molecule has 4 aliphatic rings. The van der Waals surface area contributed by atoms with Gasteiger partial charge in [-0.1, -0.05) is 130 Å². The van der Waals surface area contributed by atoms with E-state index in [0.717, 1.165) is 32.1 Å². The van der Waals surface area contributed by atoms with Crippen LogP contribution in [0.2, 0.25) is 0 Å². The highest BCUT2D eigenvalue weighted by molar-refractivity contribution is 6.26. The number of aromatic nitrogens is 1. The van der Waals surface area contributed by atoms with Gasteiger partial charge in [-0.25, -0.2) is 0 Å². The lowest BCUT2D eigenvalue weighted by molar-refractivity contribution is 0.591. The minimum atomic E-state index is 0.0775. The van der Waals surface area contributed by atoms with Crippen LogP contribution in [0.15, 0.2) is 144 Å². The van der Waals surface area contributed by atoms with Crippen LogP contribution in [0.1, 0.15) is 79.6 Å². The summed E-state index contributed by atoms with van der Waals surface area (Å²) in [6.45, 7) is 6.96. The predicted molar refractivity (Wildman–Crippen MR) is 223 cm³/mol. The molecule has 0 saturated heterocycles. The van der Waals surface area contributed by atoms with Gasteiger partial charge in [0.2, 0.25) is 0 Å². The van der Waals surface area contributed by atoms with Gasteiger partial charge in [-0.3, -0.25) is 0 Å². The average Bonchev–Trinajstić information content (AvgIpc) is 3.28.